The summed E-state index contributed by atoms with van der Waals surface area (Å²) >= 11 is 0. The van der Waals surface area contributed by atoms with E-state index in [2.05, 4.69) is 35.2 Å². The summed E-state index contributed by atoms with van der Waals surface area (Å²) in [4.78, 5) is 38.3. The molecule has 1 spiro atoms. The SMILES string of the molecule is CCN1C(=O)C2(CCCN(C3CCN(C(=O)c4c5ccccc5cc5ccccc45)CC3)C2)N=C1C. The van der Waals surface area contributed by atoms with Crippen molar-refractivity contribution < 1.29 is 9.59 Å². The molecule has 3 aliphatic rings. The molecule has 6 heteroatoms. The first-order valence-corrected chi connectivity index (χ1v) is 13.3. The van der Waals surface area contributed by atoms with Crippen molar-refractivity contribution in [1.82, 2.24) is 14.7 Å². The predicted molar refractivity (Wildman–Crippen MR) is 144 cm³/mol. The van der Waals surface area contributed by atoms with Crippen LogP contribution in [-0.4, -0.2) is 76.7 Å². The van der Waals surface area contributed by atoms with Gasteiger partial charge in [0.25, 0.3) is 11.8 Å². The molecular weight excluding hydrogens is 448 g/mol. The molecule has 3 aliphatic heterocycles. The first-order valence-electron chi connectivity index (χ1n) is 13.3. The summed E-state index contributed by atoms with van der Waals surface area (Å²) in [6.45, 7) is 7.83. The van der Waals surface area contributed by atoms with Crippen LogP contribution in [0.1, 0.15) is 49.9 Å². The second kappa shape index (κ2) is 9.00. The average molecular weight is 483 g/mol. The number of aliphatic imine (C=N–C) groups is 1. The molecule has 6 nitrogen and oxygen atoms in total. The molecule has 1 unspecified atom stereocenters. The number of carbonyl (C=O) groups excluding carboxylic acids is 2. The highest BCUT2D eigenvalue weighted by molar-refractivity contribution is 6.18. The number of rotatable bonds is 3. The topological polar surface area (TPSA) is 56.2 Å². The molecule has 3 aromatic rings. The van der Waals surface area contributed by atoms with Crippen molar-refractivity contribution in [2.75, 3.05) is 32.7 Å². The Morgan fingerprint density at radius 3 is 2.25 bits per heavy atom. The molecule has 0 aromatic heterocycles. The maximum atomic E-state index is 13.9. The Labute approximate surface area is 212 Å². The highest BCUT2D eigenvalue weighted by Crippen LogP contribution is 2.35. The minimum absolute atomic E-state index is 0.126. The molecule has 1 atom stereocenters. The van der Waals surface area contributed by atoms with E-state index in [-0.39, 0.29) is 11.8 Å². The van der Waals surface area contributed by atoms with Gasteiger partial charge in [0.1, 0.15) is 5.84 Å². The van der Waals surface area contributed by atoms with Crippen LogP contribution < -0.4 is 0 Å². The standard InChI is InChI=1S/C30H34N4O2/c1-3-34-21(2)31-30(29(34)36)15-8-16-33(20-30)24-13-17-32(18-14-24)28(35)27-25-11-6-4-9-22(25)19-23-10-5-7-12-26(23)27/h4-7,9-12,19,24H,3,8,13-18,20H2,1-2H3. The number of nitrogens with zero attached hydrogens (tertiary/aromatic N) is 4. The van der Waals surface area contributed by atoms with Crippen molar-refractivity contribution in [1.29, 1.82) is 0 Å². The van der Waals surface area contributed by atoms with Crippen molar-refractivity contribution in [3.63, 3.8) is 0 Å². The fourth-order valence-corrected chi connectivity index (χ4v) is 6.67. The number of fused-ring (bicyclic) bond motifs is 2. The van der Waals surface area contributed by atoms with Gasteiger partial charge >= 0.3 is 0 Å². The molecule has 0 saturated carbocycles. The quantitative estimate of drug-likeness (QED) is 0.508. The van der Waals surface area contributed by atoms with Gasteiger partial charge in [-0.3, -0.25) is 24.4 Å². The fraction of sp³-hybridized carbons (Fsp3) is 0.433. The molecular formula is C30H34N4O2. The Hall–Kier alpha value is -3.25. The molecule has 3 heterocycles. The van der Waals surface area contributed by atoms with E-state index in [1.54, 1.807) is 0 Å². The second-order valence-electron chi connectivity index (χ2n) is 10.5. The van der Waals surface area contributed by atoms with Gasteiger partial charge < -0.3 is 4.90 Å². The van der Waals surface area contributed by atoms with E-state index in [4.69, 9.17) is 4.99 Å². The number of hydrogen-bond donors (Lipinski definition) is 0. The maximum absolute atomic E-state index is 13.9. The maximum Gasteiger partial charge on any atom is 0.257 e. The number of hydrogen-bond acceptors (Lipinski definition) is 4. The Kier molecular flexibility index (Phi) is 5.79. The van der Waals surface area contributed by atoms with Crippen LogP contribution in [0, 0.1) is 0 Å². The molecule has 2 amide bonds. The van der Waals surface area contributed by atoms with E-state index in [0.717, 1.165) is 78.3 Å². The summed E-state index contributed by atoms with van der Waals surface area (Å²) in [6.07, 6.45) is 3.68. The van der Waals surface area contributed by atoms with Gasteiger partial charge in [0.05, 0.1) is 5.56 Å². The number of likely N-dealkylation sites (N-methyl/N-ethyl adjacent to an activating group) is 1. The predicted octanol–water partition coefficient (Wildman–Crippen LogP) is 4.71. The number of carbonyl (C=O) groups is 2. The summed E-state index contributed by atoms with van der Waals surface area (Å²) in [6, 6.07) is 19.0. The van der Waals surface area contributed by atoms with Crippen molar-refractivity contribution in [3.05, 3.63) is 60.2 Å². The van der Waals surface area contributed by atoms with Gasteiger partial charge in [0.15, 0.2) is 5.54 Å². The van der Waals surface area contributed by atoms with Crippen LogP contribution in [0.25, 0.3) is 21.5 Å². The van der Waals surface area contributed by atoms with Crippen LogP contribution in [0.3, 0.4) is 0 Å². The minimum Gasteiger partial charge on any atom is -0.338 e. The third-order valence-electron chi connectivity index (χ3n) is 8.48. The lowest BCUT2D eigenvalue weighted by Gasteiger charge is -2.44. The van der Waals surface area contributed by atoms with Crippen LogP contribution in [0.5, 0.6) is 0 Å². The fourth-order valence-electron chi connectivity index (χ4n) is 6.67. The van der Waals surface area contributed by atoms with E-state index >= 15 is 0 Å². The third-order valence-corrected chi connectivity index (χ3v) is 8.48. The van der Waals surface area contributed by atoms with Crippen molar-refractivity contribution in [2.24, 2.45) is 4.99 Å². The van der Waals surface area contributed by atoms with Crippen LogP contribution in [0.2, 0.25) is 0 Å². The van der Waals surface area contributed by atoms with Crippen molar-refractivity contribution in [2.45, 2.75) is 51.1 Å². The molecule has 2 saturated heterocycles. The van der Waals surface area contributed by atoms with Gasteiger partial charge in [-0.25, -0.2) is 0 Å². The first-order chi connectivity index (χ1) is 17.5. The monoisotopic (exact) mass is 482 g/mol. The van der Waals surface area contributed by atoms with E-state index in [0.29, 0.717) is 19.1 Å². The number of amidine groups is 1. The molecule has 36 heavy (non-hydrogen) atoms. The minimum atomic E-state index is -0.604. The first kappa shape index (κ1) is 23.2. The summed E-state index contributed by atoms with van der Waals surface area (Å²) in [5.74, 6) is 1.15. The lowest BCUT2D eigenvalue weighted by molar-refractivity contribution is -0.133. The molecule has 3 aromatic carbocycles. The van der Waals surface area contributed by atoms with E-state index in [1.165, 1.54) is 0 Å². The van der Waals surface area contributed by atoms with Crippen molar-refractivity contribution >= 4 is 39.2 Å². The zero-order valence-electron chi connectivity index (χ0n) is 21.2. The van der Waals surface area contributed by atoms with Gasteiger partial charge in [-0.1, -0.05) is 48.5 Å². The van der Waals surface area contributed by atoms with Crippen LogP contribution >= 0.6 is 0 Å². The number of benzene rings is 3. The Bertz CT molecular complexity index is 1320. The summed E-state index contributed by atoms with van der Waals surface area (Å²) < 4.78 is 0. The molecule has 2 fully saturated rings. The molecule has 0 aliphatic carbocycles. The van der Waals surface area contributed by atoms with Crippen LogP contribution in [-0.2, 0) is 4.79 Å². The van der Waals surface area contributed by atoms with Crippen molar-refractivity contribution in [3.8, 4) is 0 Å². The van der Waals surface area contributed by atoms with Gasteiger partial charge in [-0.05, 0) is 73.7 Å². The third kappa shape index (κ3) is 3.70. The zero-order chi connectivity index (χ0) is 24.9. The molecule has 186 valence electrons. The smallest absolute Gasteiger partial charge is 0.257 e. The number of amides is 2. The Morgan fingerprint density at radius 2 is 1.64 bits per heavy atom. The molecule has 6 rings (SSSR count). The van der Waals surface area contributed by atoms with Crippen LogP contribution in [0.4, 0.5) is 0 Å². The number of likely N-dealkylation sites (tertiary alicyclic amines) is 2. The lowest BCUT2D eigenvalue weighted by atomic mass is 9.87. The molecule has 0 N–H and O–H groups in total. The highest BCUT2D eigenvalue weighted by atomic mass is 16.2. The van der Waals surface area contributed by atoms with Gasteiger partial charge in [0.2, 0.25) is 0 Å². The normalized spacial score (nSPS) is 23.7. The lowest BCUT2D eigenvalue weighted by Crippen LogP contribution is -2.57. The second-order valence-corrected chi connectivity index (χ2v) is 10.5. The van der Waals surface area contributed by atoms with Gasteiger partial charge in [-0.2, -0.15) is 0 Å². The largest absolute Gasteiger partial charge is 0.338 e. The molecule has 0 radical (unpaired) electrons. The highest BCUT2D eigenvalue weighted by Gasteiger charge is 2.50. The Balaban J connectivity index is 1.21. The molecule has 0 bridgehead atoms. The zero-order valence-corrected chi connectivity index (χ0v) is 21.2. The van der Waals surface area contributed by atoms with E-state index in [9.17, 15) is 9.59 Å². The Morgan fingerprint density at radius 1 is 1.00 bits per heavy atom. The number of piperidine rings is 2. The van der Waals surface area contributed by atoms with Gasteiger partial charge in [-0.15, -0.1) is 0 Å². The summed E-state index contributed by atoms with van der Waals surface area (Å²) in [5.41, 5.74) is 0.216. The van der Waals surface area contributed by atoms with Gasteiger partial charge in [0, 0.05) is 32.2 Å². The van der Waals surface area contributed by atoms with Crippen LogP contribution in [0.15, 0.2) is 59.6 Å². The summed E-state index contributed by atoms with van der Waals surface area (Å²) in [5, 5.41) is 4.25. The van der Waals surface area contributed by atoms with E-state index < -0.39 is 5.54 Å². The van der Waals surface area contributed by atoms with E-state index in [1.807, 2.05) is 47.9 Å². The average Bonchev–Trinajstić information content (AvgIpc) is 3.14. The summed E-state index contributed by atoms with van der Waals surface area (Å²) in [7, 11) is 0.